The third kappa shape index (κ3) is 1.50. The normalized spacial score (nSPS) is 24.3. The van der Waals surface area contributed by atoms with Crippen LogP contribution in [0.2, 0.25) is 0 Å². The van der Waals surface area contributed by atoms with Crippen LogP contribution in [-0.2, 0) is 0 Å². The minimum absolute atomic E-state index is 0.338. The Morgan fingerprint density at radius 1 is 1.40 bits per heavy atom. The van der Waals surface area contributed by atoms with Gasteiger partial charge in [0.2, 0.25) is 0 Å². The first kappa shape index (κ1) is 8.02. The fourth-order valence-electron chi connectivity index (χ4n) is 1.48. The van der Waals surface area contributed by atoms with Gasteiger partial charge in [-0.3, -0.25) is 4.90 Å². The SMILES string of the molecule is CCCN1CC(O)(CC)C1. The number of rotatable bonds is 3. The van der Waals surface area contributed by atoms with Gasteiger partial charge in [-0.25, -0.2) is 0 Å². The third-order valence-electron chi connectivity index (χ3n) is 2.23. The summed E-state index contributed by atoms with van der Waals surface area (Å²) in [6.45, 7) is 7.13. The maximum atomic E-state index is 9.57. The van der Waals surface area contributed by atoms with Gasteiger partial charge in [-0.2, -0.15) is 0 Å². The fourth-order valence-corrected chi connectivity index (χ4v) is 1.48. The zero-order valence-electron chi connectivity index (χ0n) is 6.93. The number of hydrogen-bond acceptors (Lipinski definition) is 2. The van der Waals surface area contributed by atoms with E-state index in [1.165, 1.54) is 6.42 Å². The second-order valence-corrected chi connectivity index (χ2v) is 3.29. The van der Waals surface area contributed by atoms with Crippen LogP contribution in [0.5, 0.6) is 0 Å². The van der Waals surface area contributed by atoms with E-state index in [-0.39, 0.29) is 5.60 Å². The van der Waals surface area contributed by atoms with Crippen LogP contribution in [0.3, 0.4) is 0 Å². The van der Waals surface area contributed by atoms with Gasteiger partial charge in [0.15, 0.2) is 0 Å². The molecule has 1 N–H and O–H groups in total. The Morgan fingerprint density at radius 2 is 2.00 bits per heavy atom. The lowest BCUT2D eigenvalue weighted by Gasteiger charge is -2.46. The molecule has 2 nitrogen and oxygen atoms in total. The summed E-state index contributed by atoms with van der Waals surface area (Å²) in [6.07, 6.45) is 2.09. The van der Waals surface area contributed by atoms with E-state index < -0.39 is 0 Å². The van der Waals surface area contributed by atoms with Gasteiger partial charge in [0.25, 0.3) is 0 Å². The van der Waals surface area contributed by atoms with Crippen LogP contribution in [0.25, 0.3) is 0 Å². The molecule has 0 unspecified atom stereocenters. The molecule has 0 saturated carbocycles. The van der Waals surface area contributed by atoms with Crippen molar-refractivity contribution < 1.29 is 5.11 Å². The molecule has 0 radical (unpaired) electrons. The van der Waals surface area contributed by atoms with E-state index in [9.17, 15) is 5.11 Å². The van der Waals surface area contributed by atoms with Gasteiger partial charge in [0, 0.05) is 13.1 Å². The van der Waals surface area contributed by atoms with Crippen molar-refractivity contribution in [2.75, 3.05) is 19.6 Å². The molecule has 10 heavy (non-hydrogen) atoms. The van der Waals surface area contributed by atoms with Gasteiger partial charge >= 0.3 is 0 Å². The summed E-state index contributed by atoms with van der Waals surface area (Å²) < 4.78 is 0. The van der Waals surface area contributed by atoms with E-state index in [2.05, 4.69) is 11.8 Å². The van der Waals surface area contributed by atoms with Crippen LogP contribution in [0, 0.1) is 0 Å². The largest absolute Gasteiger partial charge is 0.387 e. The monoisotopic (exact) mass is 143 g/mol. The molecule has 1 aliphatic heterocycles. The molecular formula is C8H17NO. The molecule has 1 rings (SSSR count). The van der Waals surface area contributed by atoms with Gasteiger partial charge in [-0.15, -0.1) is 0 Å². The molecule has 0 bridgehead atoms. The highest BCUT2D eigenvalue weighted by molar-refractivity contribution is 4.93. The molecule has 0 aromatic rings. The summed E-state index contributed by atoms with van der Waals surface area (Å²) in [5, 5.41) is 9.57. The van der Waals surface area contributed by atoms with Crippen molar-refractivity contribution in [3.8, 4) is 0 Å². The first-order chi connectivity index (χ1) is 4.70. The molecule has 1 aliphatic rings. The van der Waals surface area contributed by atoms with E-state index in [1.807, 2.05) is 6.92 Å². The summed E-state index contributed by atoms with van der Waals surface area (Å²) >= 11 is 0. The Bertz CT molecular complexity index is 108. The first-order valence-corrected chi connectivity index (χ1v) is 4.15. The average molecular weight is 143 g/mol. The van der Waals surface area contributed by atoms with Crippen molar-refractivity contribution in [1.29, 1.82) is 0 Å². The Labute approximate surface area is 62.8 Å². The second kappa shape index (κ2) is 2.89. The molecule has 0 aliphatic carbocycles. The van der Waals surface area contributed by atoms with Crippen molar-refractivity contribution in [3.63, 3.8) is 0 Å². The van der Waals surface area contributed by atoms with E-state index >= 15 is 0 Å². The lowest BCUT2D eigenvalue weighted by molar-refractivity contribution is -0.0989. The summed E-state index contributed by atoms with van der Waals surface area (Å²) in [5.74, 6) is 0. The molecule has 0 aromatic heterocycles. The van der Waals surface area contributed by atoms with Crippen molar-refractivity contribution in [2.45, 2.75) is 32.3 Å². The van der Waals surface area contributed by atoms with E-state index in [0.29, 0.717) is 0 Å². The zero-order valence-corrected chi connectivity index (χ0v) is 6.93. The molecule has 2 heteroatoms. The Kier molecular flexibility index (Phi) is 2.32. The van der Waals surface area contributed by atoms with Crippen LogP contribution >= 0.6 is 0 Å². The Hall–Kier alpha value is -0.0800. The van der Waals surface area contributed by atoms with E-state index in [4.69, 9.17) is 0 Å². The van der Waals surface area contributed by atoms with Crippen molar-refractivity contribution in [3.05, 3.63) is 0 Å². The van der Waals surface area contributed by atoms with Crippen LogP contribution in [0.15, 0.2) is 0 Å². The highest BCUT2D eigenvalue weighted by Gasteiger charge is 2.38. The topological polar surface area (TPSA) is 23.5 Å². The highest BCUT2D eigenvalue weighted by Crippen LogP contribution is 2.23. The van der Waals surface area contributed by atoms with Crippen LogP contribution in [0.4, 0.5) is 0 Å². The predicted octanol–water partition coefficient (Wildman–Crippen LogP) is 0.853. The van der Waals surface area contributed by atoms with Gasteiger partial charge in [-0.1, -0.05) is 13.8 Å². The Balaban J connectivity index is 2.16. The predicted molar refractivity (Wildman–Crippen MR) is 42.0 cm³/mol. The number of hydrogen-bond donors (Lipinski definition) is 1. The van der Waals surface area contributed by atoms with Gasteiger partial charge in [0.1, 0.15) is 0 Å². The van der Waals surface area contributed by atoms with E-state index in [0.717, 1.165) is 26.1 Å². The first-order valence-electron chi connectivity index (χ1n) is 4.15. The molecule has 0 atom stereocenters. The molecular weight excluding hydrogens is 126 g/mol. The maximum absolute atomic E-state index is 9.57. The molecule has 1 heterocycles. The van der Waals surface area contributed by atoms with Crippen molar-refractivity contribution >= 4 is 0 Å². The molecule has 0 amide bonds. The van der Waals surface area contributed by atoms with Gasteiger partial charge in [0.05, 0.1) is 5.60 Å². The fraction of sp³-hybridized carbons (Fsp3) is 1.00. The summed E-state index contributed by atoms with van der Waals surface area (Å²) in [6, 6.07) is 0. The highest BCUT2D eigenvalue weighted by atomic mass is 16.3. The molecule has 60 valence electrons. The number of β-amino-alcohol motifs (C(OH)–C–C–N with tert-alkyl or cyclic N) is 1. The number of nitrogens with zero attached hydrogens (tertiary/aromatic N) is 1. The van der Waals surface area contributed by atoms with Crippen LogP contribution in [-0.4, -0.2) is 35.2 Å². The van der Waals surface area contributed by atoms with Gasteiger partial charge in [-0.05, 0) is 19.4 Å². The quantitative estimate of drug-likeness (QED) is 0.633. The minimum atomic E-state index is -0.338. The Morgan fingerprint density at radius 3 is 2.40 bits per heavy atom. The summed E-state index contributed by atoms with van der Waals surface area (Å²) in [4.78, 5) is 2.30. The third-order valence-corrected chi connectivity index (χ3v) is 2.23. The smallest absolute Gasteiger partial charge is 0.0897 e. The zero-order chi connectivity index (χ0) is 7.61. The molecule has 1 fully saturated rings. The maximum Gasteiger partial charge on any atom is 0.0897 e. The average Bonchev–Trinajstić information content (AvgIpc) is 1.85. The number of aliphatic hydroxyl groups is 1. The van der Waals surface area contributed by atoms with Crippen molar-refractivity contribution in [2.24, 2.45) is 0 Å². The lowest BCUT2D eigenvalue weighted by Crippen LogP contribution is -2.61. The van der Waals surface area contributed by atoms with Crippen molar-refractivity contribution in [1.82, 2.24) is 4.90 Å². The van der Waals surface area contributed by atoms with Crippen LogP contribution < -0.4 is 0 Å². The second-order valence-electron chi connectivity index (χ2n) is 3.29. The molecule has 0 aromatic carbocycles. The summed E-state index contributed by atoms with van der Waals surface area (Å²) in [7, 11) is 0. The van der Waals surface area contributed by atoms with Crippen LogP contribution in [0.1, 0.15) is 26.7 Å². The van der Waals surface area contributed by atoms with Gasteiger partial charge < -0.3 is 5.11 Å². The molecule has 1 saturated heterocycles. The van der Waals surface area contributed by atoms with E-state index in [1.54, 1.807) is 0 Å². The minimum Gasteiger partial charge on any atom is -0.387 e. The summed E-state index contributed by atoms with van der Waals surface area (Å²) in [5.41, 5.74) is -0.338. The standard InChI is InChI=1S/C8H17NO/c1-3-5-9-6-8(10,4-2)7-9/h10H,3-7H2,1-2H3. The number of likely N-dealkylation sites (tertiary alicyclic amines) is 1. The lowest BCUT2D eigenvalue weighted by atomic mass is 9.91. The molecule has 0 spiro atoms.